The van der Waals surface area contributed by atoms with Gasteiger partial charge in [-0.05, 0) is 17.7 Å². The van der Waals surface area contributed by atoms with E-state index in [4.69, 9.17) is 5.73 Å². The molecule has 18 heavy (non-hydrogen) atoms. The third-order valence-corrected chi connectivity index (χ3v) is 3.25. The average molecular weight is 262 g/mol. The Morgan fingerprint density at radius 2 is 2.22 bits per heavy atom. The van der Waals surface area contributed by atoms with Crippen molar-refractivity contribution in [2.75, 3.05) is 5.73 Å². The highest BCUT2D eigenvalue weighted by molar-refractivity contribution is 7.98. The molecule has 6 nitrogen and oxygen atoms in total. The van der Waals surface area contributed by atoms with E-state index in [-0.39, 0.29) is 11.4 Å². The molecule has 2 rings (SSSR count). The predicted octanol–water partition coefficient (Wildman–Crippen LogP) is 2.26. The number of nitrogens with zero attached hydrogens (tertiary/aromatic N) is 3. The van der Waals surface area contributed by atoms with Crippen molar-refractivity contribution in [2.24, 2.45) is 0 Å². The third-order valence-electron chi connectivity index (χ3n) is 2.23. The zero-order valence-electron chi connectivity index (χ0n) is 9.31. The molecule has 0 aliphatic carbocycles. The first-order valence-corrected chi connectivity index (χ1v) is 6.07. The van der Waals surface area contributed by atoms with Crippen LogP contribution in [0.2, 0.25) is 0 Å². The van der Waals surface area contributed by atoms with E-state index in [1.807, 2.05) is 0 Å². The van der Waals surface area contributed by atoms with Gasteiger partial charge in [0.05, 0.1) is 9.95 Å². The molecule has 1 aromatic carbocycles. The molecule has 0 spiro atoms. The molecule has 1 aromatic heterocycles. The maximum Gasteiger partial charge on any atom is 0.292 e. The molecule has 0 amide bonds. The lowest BCUT2D eigenvalue weighted by atomic mass is 10.2. The van der Waals surface area contributed by atoms with Crippen LogP contribution < -0.4 is 5.73 Å². The van der Waals surface area contributed by atoms with Gasteiger partial charge < -0.3 is 5.73 Å². The summed E-state index contributed by atoms with van der Waals surface area (Å²) in [5.74, 6) is 0.652. The van der Waals surface area contributed by atoms with E-state index in [2.05, 4.69) is 9.97 Å². The largest absolute Gasteiger partial charge is 0.393 e. The van der Waals surface area contributed by atoms with Crippen molar-refractivity contribution in [3.05, 3.63) is 52.5 Å². The lowest BCUT2D eigenvalue weighted by Crippen LogP contribution is -1.96. The van der Waals surface area contributed by atoms with Crippen molar-refractivity contribution in [2.45, 2.75) is 10.8 Å². The van der Waals surface area contributed by atoms with Crippen molar-refractivity contribution < 1.29 is 4.92 Å². The Hall–Kier alpha value is -2.15. The van der Waals surface area contributed by atoms with Gasteiger partial charge in [-0.2, -0.15) is 0 Å². The molecule has 0 bridgehead atoms. The Morgan fingerprint density at radius 1 is 1.39 bits per heavy atom. The Kier molecular flexibility index (Phi) is 3.73. The average Bonchev–Trinajstić information content (AvgIpc) is 2.37. The molecule has 2 N–H and O–H groups in total. The molecule has 0 saturated carbocycles. The summed E-state index contributed by atoms with van der Waals surface area (Å²) < 4.78 is 0. The molecule has 7 heteroatoms. The number of thioether (sulfide) groups is 1. The quantitative estimate of drug-likeness (QED) is 0.298. The molecular formula is C11H10N4O2S. The number of rotatable bonds is 4. The highest BCUT2D eigenvalue weighted by Crippen LogP contribution is 2.26. The van der Waals surface area contributed by atoms with Crippen LogP contribution >= 0.6 is 11.8 Å². The summed E-state index contributed by atoms with van der Waals surface area (Å²) in [5, 5.41) is 11.5. The van der Waals surface area contributed by atoms with Gasteiger partial charge in [-0.3, -0.25) is 10.1 Å². The predicted molar refractivity (Wildman–Crippen MR) is 69.1 cm³/mol. The third kappa shape index (κ3) is 2.95. The molecule has 0 unspecified atom stereocenters. The van der Waals surface area contributed by atoms with Crippen LogP contribution in [-0.2, 0) is 5.75 Å². The highest BCUT2D eigenvalue weighted by atomic mass is 32.2. The van der Waals surface area contributed by atoms with Crippen molar-refractivity contribution in [1.82, 2.24) is 9.97 Å². The molecule has 0 aliphatic heterocycles. The number of hydrogen-bond acceptors (Lipinski definition) is 6. The van der Waals surface area contributed by atoms with Crippen LogP contribution in [-0.4, -0.2) is 14.9 Å². The van der Waals surface area contributed by atoms with Gasteiger partial charge in [-0.1, -0.05) is 6.07 Å². The Labute approximate surface area is 107 Å². The van der Waals surface area contributed by atoms with Gasteiger partial charge in [0, 0.05) is 18.0 Å². The van der Waals surface area contributed by atoms with Gasteiger partial charge in [0.25, 0.3) is 5.69 Å². The number of anilines is 1. The number of nitro groups is 1. The van der Waals surface area contributed by atoms with E-state index >= 15 is 0 Å². The summed E-state index contributed by atoms with van der Waals surface area (Å²) in [6.07, 6.45) is 3.14. The van der Waals surface area contributed by atoms with Crippen LogP contribution in [0.3, 0.4) is 0 Å². The van der Waals surface area contributed by atoms with Gasteiger partial charge in [-0.15, -0.1) is 11.8 Å². The Balaban J connectivity index is 2.07. The summed E-state index contributed by atoms with van der Waals surface area (Å²) in [4.78, 5) is 18.0. The van der Waals surface area contributed by atoms with E-state index in [1.165, 1.54) is 24.2 Å². The number of nitrogens with two attached hydrogens (primary N) is 1. The van der Waals surface area contributed by atoms with E-state index in [1.54, 1.807) is 24.4 Å². The van der Waals surface area contributed by atoms with E-state index in [0.29, 0.717) is 5.75 Å². The second-order valence-corrected chi connectivity index (χ2v) is 4.48. The van der Waals surface area contributed by atoms with Gasteiger partial charge in [0.1, 0.15) is 12.0 Å². The lowest BCUT2D eigenvalue weighted by Gasteiger charge is -2.03. The SMILES string of the molecule is Nc1cc(CSc2ccncn2)ccc1[N+](=O)[O-]. The molecule has 0 saturated heterocycles. The number of hydrogen-bond donors (Lipinski definition) is 1. The van der Waals surface area contributed by atoms with Gasteiger partial charge in [0.2, 0.25) is 0 Å². The zero-order valence-corrected chi connectivity index (χ0v) is 10.1. The minimum Gasteiger partial charge on any atom is -0.393 e. The smallest absolute Gasteiger partial charge is 0.292 e. The van der Waals surface area contributed by atoms with Gasteiger partial charge >= 0.3 is 0 Å². The summed E-state index contributed by atoms with van der Waals surface area (Å²) in [6.45, 7) is 0. The number of aromatic nitrogens is 2. The van der Waals surface area contributed by atoms with Crippen molar-refractivity contribution in [1.29, 1.82) is 0 Å². The number of nitro benzene ring substituents is 1. The van der Waals surface area contributed by atoms with Crippen molar-refractivity contribution >= 4 is 23.1 Å². The molecule has 92 valence electrons. The van der Waals surface area contributed by atoms with Gasteiger partial charge in [0.15, 0.2) is 0 Å². The summed E-state index contributed by atoms with van der Waals surface area (Å²) in [5.41, 5.74) is 6.65. The van der Waals surface area contributed by atoms with Gasteiger partial charge in [-0.25, -0.2) is 9.97 Å². The monoisotopic (exact) mass is 262 g/mol. The summed E-state index contributed by atoms with van der Waals surface area (Å²) >= 11 is 1.52. The fourth-order valence-corrected chi connectivity index (χ4v) is 2.15. The first-order valence-electron chi connectivity index (χ1n) is 5.08. The fraction of sp³-hybridized carbons (Fsp3) is 0.0909. The number of benzene rings is 1. The topological polar surface area (TPSA) is 94.9 Å². The summed E-state index contributed by atoms with van der Waals surface area (Å²) in [6, 6.07) is 6.54. The molecular weight excluding hydrogens is 252 g/mol. The standard InChI is InChI=1S/C11H10N4O2S/c12-9-5-8(1-2-10(9)15(16)17)6-18-11-3-4-13-7-14-11/h1-5,7H,6,12H2. The molecule has 1 heterocycles. The minimum absolute atomic E-state index is 0.0641. The van der Waals surface area contributed by atoms with E-state index in [9.17, 15) is 10.1 Å². The van der Waals surface area contributed by atoms with Crippen LogP contribution in [0.15, 0.2) is 41.8 Å². The highest BCUT2D eigenvalue weighted by Gasteiger charge is 2.11. The second-order valence-electron chi connectivity index (χ2n) is 3.49. The number of nitrogen functional groups attached to an aromatic ring is 1. The fourth-order valence-electron chi connectivity index (χ4n) is 1.38. The first kappa shape index (κ1) is 12.3. The molecule has 0 radical (unpaired) electrons. The molecule has 2 aromatic rings. The zero-order chi connectivity index (χ0) is 13.0. The van der Waals surface area contributed by atoms with Crippen molar-refractivity contribution in [3.8, 4) is 0 Å². The van der Waals surface area contributed by atoms with Crippen LogP contribution in [0.4, 0.5) is 11.4 Å². The van der Waals surface area contributed by atoms with Crippen LogP contribution in [0, 0.1) is 10.1 Å². The molecule has 0 atom stereocenters. The normalized spacial score (nSPS) is 10.2. The Bertz CT molecular complexity index is 562. The Morgan fingerprint density at radius 3 is 2.83 bits per heavy atom. The first-order chi connectivity index (χ1) is 8.66. The summed E-state index contributed by atoms with van der Waals surface area (Å²) in [7, 11) is 0. The second kappa shape index (κ2) is 5.46. The van der Waals surface area contributed by atoms with E-state index in [0.717, 1.165) is 10.6 Å². The molecule has 0 aliphatic rings. The van der Waals surface area contributed by atoms with Crippen molar-refractivity contribution in [3.63, 3.8) is 0 Å². The van der Waals surface area contributed by atoms with Crippen LogP contribution in [0.1, 0.15) is 5.56 Å². The van der Waals surface area contributed by atoms with E-state index < -0.39 is 4.92 Å². The van der Waals surface area contributed by atoms with Crippen LogP contribution in [0.25, 0.3) is 0 Å². The maximum atomic E-state index is 10.6. The minimum atomic E-state index is -0.489. The maximum absolute atomic E-state index is 10.6. The molecule has 0 fully saturated rings. The lowest BCUT2D eigenvalue weighted by molar-refractivity contribution is -0.383. The van der Waals surface area contributed by atoms with Crippen LogP contribution in [0.5, 0.6) is 0 Å².